The Balaban J connectivity index is 1.71. The molecule has 0 aliphatic carbocycles. The van der Waals surface area contributed by atoms with Gasteiger partial charge in [0.25, 0.3) is 0 Å². The number of carbonyl (C=O) groups excluding carboxylic acids is 1. The molecule has 0 spiro atoms. The summed E-state index contributed by atoms with van der Waals surface area (Å²) >= 11 is 0. The molecule has 0 aliphatic rings. The fraction of sp³-hybridized carbons (Fsp3) is 0.261. The third-order valence-corrected chi connectivity index (χ3v) is 4.84. The van der Waals surface area contributed by atoms with Crippen LogP contribution in [0.3, 0.4) is 0 Å². The molecule has 1 unspecified atom stereocenters. The first kappa shape index (κ1) is 21.9. The number of aryl methyl sites for hydroxylation is 1. The van der Waals surface area contributed by atoms with E-state index in [1.165, 1.54) is 19.2 Å². The minimum Gasteiger partial charge on any atom is -0.507 e. The summed E-state index contributed by atoms with van der Waals surface area (Å²) < 4.78 is 15.9. The van der Waals surface area contributed by atoms with E-state index in [0.717, 1.165) is 11.1 Å². The molecular formula is C23H23NO7. The number of methoxy groups -OCH3 is 1. The summed E-state index contributed by atoms with van der Waals surface area (Å²) in [5.74, 6) is -1.35. The number of esters is 1. The van der Waals surface area contributed by atoms with Crippen molar-refractivity contribution in [2.24, 2.45) is 0 Å². The van der Waals surface area contributed by atoms with Crippen LogP contribution in [0.4, 0.5) is 0 Å². The van der Waals surface area contributed by atoms with Crippen LogP contribution in [0.2, 0.25) is 0 Å². The molecule has 2 aromatic carbocycles. The van der Waals surface area contributed by atoms with Crippen LogP contribution in [0, 0.1) is 0 Å². The summed E-state index contributed by atoms with van der Waals surface area (Å²) in [4.78, 5) is 23.0. The van der Waals surface area contributed by atoms with Crippen LogP contribution in [-0.4, -0.2) is 40.5 Å². The molecule has 0 fully saturated rings. The normalized spacial score (nSPS) is 11.7. The summed E-state index contributed by atoms with van der Waals surface area (Å²) in [6.07, 6.45) is 1.84. The second kappa shape index (κ2) is 9.80. The number of phenolic OH excluding ortho intramolecular Hbond substituents is 1. The Kier molecular flexibility index (Phi) is 6.92. The Bertz CT molecular complexity index is 1070. The molecule has 1 aromatic heterocycles. The molecule has 8 nitrogen and oxygen atoms in total. The van der Waals surface area contributed by atoms with E-state index in [0.29, 0.717) is 25.0 Å². The molecule has 2 N–H and O–H groups in total. The van der Waals surface area contributed by atoms with Gasteiger partial charge in [0.15, 0.2) is 11.5 Å². The molecular weight excluding hydrogens is 402 g/mol. The highest BCUT2D eigenvalue weighted by molar-refractivity contribution is 5.95. The highest BCUT2D eigenvalue weighted by atomic mass is 16.5. The van der Waals surface area contributed by atoms with Gasteiger partial charge >= 0.3 is 11.9 Å². The van der Waals surface area contributed by atoms with Gasteiger partial charge in [-0.3, -0.25) is 0 Å². The van der Waals surface area contributed by atoms with Gasteiger partial charge in [-0.05, 0) is 43.0 Å². The van der Waals surface area contributed by atoms with Gasteiger partial charge in [0.1, 0.15) is 17.1 Å². The quantitative estimate of drug-likeness (QED) is 0.487. The fourth-order valence-corrected chi connectivity index (χ4v) is 3.17. The first-order chi connectivity index (χ1) is 14.9. The zero-order chi connectivity index (χ0) is 22.4. The lowest BCUT2D eigenvalue weighted by Crippen LogP contribution is -2.18. The van der Waals surface area contributed by atoms with E-state index in [-0.39, 0.29) is 28.9 Å². The van der Waals surface area contributed by atoms with Gasteiger partial charge in [0, 0.05) is 11.6 Å². The van der Waals surface area contributed by atoms with Crippen LogP contribution in [0.1, 0.15) is 46.2 Å². The van der Waals surface area contributed by atoms with E-state index < -0.39 is 11.9 Å². The molecule has 3 rings (SSSR count). The maximum absolute atomic E-state index is 12.0. The van der Waals surface area contributed by atoms with Gasteiger partial charge in [-0.15, -0.1) is 0 Å². The molecule has 0 bridgehead atoms. The molecule has 3 aromatic rings. The minimum absolute atomic E-state index is 0.00463. The van der Waals surface area contributed by atoms with Crippen LogP contribution in [0.15, 0.2) is 53.1 Å². The molecule has 0 saturated carbocycles. The van der Waals surface area contributed by atoms with Crippen molar-refractivity contribution < 1.29 is 33.8 Å². The highest BCUT2D eigenvalue weighted by Gasteiger charge is 2.20. The molecule has 0 saturated heterocycles. The smallest absolute Gasteiger partial charge is 0.358 e. The number of phenols is 1. The number of carboxylic acid groups (broad SMARTS) is 1. The third-order valence-electron chi connectivity index (χ3n) is 4.84. The van der Waals surface area contributed by atoms with Crippen molar-refractivity contribution in [3.8, 4) is 22.8 Å². The number of hydrogen-bond acceptors (Lipinski definition) is 7. The molecule has 162 valence electrons. The van der Waals surface area contributed by atoms with Crippen LogP contribution in [0.25, 0.3) is 11.3 Å². The zero-order valence-corrected chi connectivity index (χ0v) is 17.2. The summed E-state index contributed by atoms with van der Waals surface area (Å²) in [6.45, 7) is 1.98. The van der Waals surface area contributed by atoms with Crippen LogP contribution in [-0.2, 0) is 11.2 Å². The number of carboxylic acids is 1. The van der Waals surface area contributed by atoms with E-state index in [1.807, 2.05) is 31.2 Å². The van der Waals surface area contributed by atoms with Crippen molar-refractivity contribution in [3.05, 3.63) is 65.4 Å². The summed E-state index contributed by atoms with van der Waals surface area (Å²) in [5, 5.41) is 22.6. The largest absolute Gasteiger partial charge is 0.507 e. The number of rotatable bonds is 9. The summed E-state index contributed by atoms with van der Waals surface area (Å²) in [7, 11) is 1.25. The number of aromatic hydroxyl groups is 1. The second-order valence-electron chi connectivity index (χ2n) is 6.91. The first-order valence-corrected chi connectivity index (χ1v) is 9.79. The van der Waals surface area contributed by atoms with Crippen molar-refractivity contribution in [2.75, 3.05) is 7.11 Å². The molecule has 8 heteroatoms. The molecule has 1 atom stereocenters. The van der Waals surface area contributed by atoms with E-state index in [4.69, 9.17) is 19.1 Å². The highest BCUT2D eigenvalue weighted by Crippen LogP contribution is 2.30. The Morgan fingerprint density at radius 3 is 2.61 bits per heavy atom. The monoisotopic (exact) mass is 425 g/mol. The van der Waals surface area contributed by atoms with E-state index in [1.54, 1.807) is 12.1 Å². The van der Waals surface area contributed by atoms with Crippen molar-refractivity contribution >= 4 is 11.9 Å². The van der Waals surface area contributed by atoms with Gasteiger partial charge in [0.2, 0.25) is 0 Å². The summed E-state index contributed by atoms with van der Waals surface area (Å²) in [5.41, 5.74) is 1.60. The van der Waals surface area contributed by atoms with Crippen molar-refractivity contribution in [1.29, 1.82) is 0 Å². The number of aromatic nitrogens is 1. The lowest BCUT2D eigenvalue weighted by atomic mass is 10.0. The number of hydrogen-bond donors (Lipinski definition) is 2. The molecule has 0 radical (unpaired) electrons. The van der Waals surface area contributed by atoms with Gasteiger partial charge in [-0.2, -0.15) is 0 Å². The Labute approximate surface area is 179 Å². The number of nitrogens with zero attached hydrogens (tertiary/aromatic N) is 1. The Morgan fingerprint density at radius 1 is 1.16 bits per heavy atom. The lowest BCUT2D eigenvalue weighted by molar-refractivity contribution is 0.0587. The number of aromatic carboxylic acids is 1. The predicted molar refractivity (Wildman–Crippen MR) is 111 cm³/mol. The number of benzene rings is 2. The maximum Gasteiger partial charge on any atom is 0.358 e. The van der Waals surface area contributed by atoms with Crippen molar-refractivity contribution in [1.82, 2.24) is 5.16 Å². The van der Waals surface area contributed by atoms with Crippen LogP contribution >= 0.6 is 0 Å². The average Bonchev–Trinajstić information content (AvgIpc) is 3.27. The zero-order valence-electron chi connectivity index (χ0n) is 17.2. The van der Waals surface area contributed by atoms with Gasteiger partial charge < -0.3 is 24.2 Å². The van der Waals surface area contributed by atoms with Gasteiger partial charge in [0.05, 0.1) is 13.2 Å². The van der Waals surface area contributed by atoms with Crippen molar-refractivity contribution in [2.45, 2.75) is 32.3 Å². The predicted octanol–water partition coefficient (Wildman–Crippen LogP) is 4.32. The lowest BCUT2D eigenvalue weighted by Gasteiger charge is -2.20. The Hall–Kier alpha value is -3.81. The molecule has 0 amide bonds. The molecule has 1 heterocycles. The second-order valence-corrected chi connectivity index (χ2v) is 6.91. The fourth-order valence-electron chi connectivity index (χ4n) is 3.17. The molecule has 31 heavy (non-hydrogen) atoms. The van der Waals surface area contributed by atoms with Crippen molar-refractivity contribution in [3.63, 3.8) is 0 Å². The number of carbonyl (C=O) groups is 2. The molecule has 0 aliphatic heterocycles. The Morgan fingerprint density at radius 2 is 1.94 bits per heavy atom. The average molecular weight is 425 g/mol. The SMILES string of the molecule is CCC(CCc1cccc(-c2cc(C(=O)O)no2)c1)Oc1cccc(O)c1C(=O)OC. The first-order valence-electron chi connectivity index (χ1n) is 9.79. The third kappa shape index (κ3) is 5.22. The number of ether oxygens (including phenoxy) is 2. The van der Waals surface area contributed by atoms with E-state index in [9.17, 15) is 14.7 Å². The summed E-state index contributed by atoms with van der Waals surface area (Å²) in [6, 6.07) is 13.6. The standard InChI is InChI=1S/C23H23NO7/c1-3-16(30-19-9-5-8-18(25)21(19)23(28)29-2)11-10-14-6-4-7-15(12-14)20-13-17(22(26)27)24-31-20/h4-9,12-13,16,25H,3,10-11H2,1-2H3,(H,26,27). The topological polar surface area (TPSA) is 119 Å². The maximum atomic E-state index is 12.0. The van der Waals surface area contributed by atoms with Crippen LogP contribution in [0.5, 0.6) is 11.5 Å². The van der Waals surface area contributed by atoms with E-state index >= 15 is 0 Å². The van der Waals surface area contributed by atoms with Gasteiger partial charge in [-0.25, -0.2) is 9.59 Å². The van der Waals surface area contributed by atoms with Crippen LogP contribution < -0.4 is 4.74 Å². The minimum atomic E-state index is -1.15. The van der Waals surface area contributed by atoms with Gasteiger partial charge in [-0.1, -0.05) is 36.3 Å². The van der Waals surface area contributed by atoms with E-state index in [2.05, 4.69) is 5.16 Å².